The molecule has 2 aromatic rings. The molecular formula is C17H18N2O3. The van der Waals surface area contributed by atoms with Gasteiger partial charge in [0.05, 0.1) is 6.61 Å². The number of amides is 1. The maximum Gasteiger partial charge on any atom is 0.318 e. The van der Waals surface area contributed by atoms with E-state index < -0.39 is 17.8 Å². The van der Waals surface area contributed by atoms with Gasteiger partial charge < -0.3 is 10.1 Å². The van der Waals surface area contributed by atoms with Crippen molar-refractivity contribution in [3.8, 4) is 0 Å². The number of hydrogen-bond acceptors (Lipinski definition) is 4. The molecule has 0 bridgehead atoms. The Hall–Kier alpha value is -2.69. The Balaban J connectivity index is 2.13. The number of esters is 1. The first-order valence-electron chi connectivity index (χ1n) is 7.13. The van der Waals surface area contributed by atoms with Crippen LogP contribution in [0.15, 0.2) is 54.7 Å². The summed E-state index contributed by atoms with van der Waals surface area (Å²) in [5, 5.41) is 2.65. The monoisotopic (exact) mass is 298 g/mol. The van der Waals surface area contributed by atoms with E-state index >= 15 is 0 Å². The van der Waals surface area contributed by atoms with Gasteiger partial charge in [-0.3, -0.25) is 9.59 Å². The lowest BCUT2D eigenvalue weighted by atomic mass is 9.98. The molecule has 0 radical (unpaired) electrons. The first-order chi connectivity index (χ1) is 10.7. The van der Waals surface area contributed by atoms with Crippen LogP contribution >= 0.6 is 0 Å². The van der Waals surface area contributed by atoms with Gasteiger partial charge in [0.1, 0.15) is 11.7 Å². The zero-order valence-electron chi connectivity index (χ0n) is 12.4. The van der Waals surface area contributed by atoms with Gasteiger partial charge in [-0.25, -0.2) is 4.98 Å². The van der Waals surface area contributed by atoms with E-state index in [2.05, 4.69) is 10.3 Å². The highest BCUT2D eigenvalue weighted by molar-refractivity contribution is 6.04. The van der Waals surface area contributed by atoms with Gasteiger partial charge in [-0.15, -0.1) is 0 Å². The standard InChI is InChI=1S/C17H18N2O3/c1-2-22-17(21)14(12-13-8-4-3-5-9-13)16(20)19-15-10-6-7-11-18-15/h3-11,14H,2,12H2,1H3,(H,18,19,20). The molecule has 0 fully saturated rings. The van der Waals surface area contributed by atoms with Gasteiger partial charge in [0, 0.05) is 6.20 Å². The van der Waals surface area contributed by atoms with Gasteiger partial charge in [0.25, 0.3) is 0 Å². The molecule has 114 valence electrons. The number of nitrogens with one attached hydrogen (secondary N) is 1. The lowest BCUT2D eigenvalue weighted by Crippen LogP contribution is -2.33. The van der Waals surface area contributed by atoms with Gasteiger partial charge in [0.15, 0.2) is 0 Å². The van der Waals surface area contributed by atoms with Gasteiger partial charge in [0.2, 0.25) is 5.91 Å². The van der Waals surface area contributed by atoms with Crippen molar-refractivity contribution in [2.45, 2.75) is 13.3 Å². The molecule has 2 rings (SSSR count). The quantitative estimate of drug-likeness (QED) is 0.657. The highest BCUT2D eigenvalue weighted by Crippen LogP contribution is 2.13. The second-order valence-corrected chi connectivity index (χ2v) is 4.70. The third-order valence-corrected chi connectivity index (χ3v) is 3.09. The fourth-order valence-corrected chi connectivity index (χ4v) is 2.03. The van der Waals surface area contributed by atoms with E-state index in [9.17, 15) is 9.59 Å². The Morgan fingerprint density at radius 3 is 2.50 bits per heavy atom. The van der Waals surface area contributed by atoms with Crippen LogP contribution in [0.1, 0.15) is 12.5 Å². The lowest BCUT2D eigenvalue weighted by molar-refractivity contribution is -0.150. The summed E-state index contributed by atoms with van der Waals surface area (Å²) in [5.74, 6) is -1.43. The summed E-state index contributed by atoms with van der Waals surface area (Å²) in [6.45, 7) is 1.95. The fourth-order valence-electron chi connectivity index (χ4n) is 2.03. The lowest BCUT2D eigenvalue weighted by Gasteiger charge is -2.15. The molecule has 1 unspecified atom stereocenters. The SMILES string of the molecule is CCOC(=O)C(Cc1ccccc1)C(=O)Nc1ccccn1. The molecule has 1 amide bonds. The Bertz CT molecular complexity index is 614. The first kappa shape index (κ1) is 15.7. The molecule has 22 heavy (non-hydrogen) atoms. The fraction of sp³-hybridized carbons (Fsp3) is 0.235. The van der Waals surface area contributed by atoms with Crippen molar-refractivity contribution in [1.29, 1.82) is 0 Å². The summed E-state index contributed by atoms with van der Waals surface area (Å²) in [6.07, 6.45) is 1.87. The summed E-state index contributed by atoms with van der Waals surface area (Å²) in [7, 11) is 0. The number of carbonyl (C=O) groups is 2. The molecular weight excluding hydrogens is 280 g/mol. The topological polar surface area (TPSA) is 68.3 Å². The minimum atomic E-state index is -0.899. The van der Waals surface area contributed by atoms with Crippen LogP contribution in [0.3, 0.4) is 0 Å². The Morgan fingerprint density at radius 2 is 1.86 bits per heavy atom. The molecule has 1 atom stereocenters. The molecule has 0 aliphatic rings. The van der Waals surface area contributed by atoms with Crippen LogP contribution in [-0.2, 0) is 20.7 Å². The van der Waals surface area contributed by atoms with Gasteiger partial charge >= 0.3 is 5.97 Å². The van der Waals surface area contributed by atoms with E-state index in [0.717, 1.165) is 5.56 Å². The molecule has 1 aromatic heterocycles. The van der Waals surface area contributed by atoms with Gasteiger partial charge in [-0.05, 0) is 31.0 Å². The highest BCUT2D eigenvalue weighted by atomic mass is 16.5. The van der Waals surface area contributed by atoms with E-state index in [-0.39, 0.29) is 6.61 Å². The van der Waals surface area contributed by atoms with Crippen LogP contribution in [0.4, 0.5) is 5.82 Å². The summed E-state index contributed by atoms with van der Waals surface area (Å²) in [5.41, 5.74) is 0.900. The van der Waals surface area contributed by atoms with Crippen molar-refractivity contribution in [3.05, 3.63) is 60.3 Å². The van der Waals surface area contributed by atoms with Crippen LogP contribution in [0.2, 0.25) is 0 Å². The molecule has 1 heterocycles. The molecule has 1 N–H and O–H groups in total. The molecule has 0 saturated heterocycles. The number of anilines is 1. The summed E-state index contributed by atoms with van der Waals surface area (Å²) in [6, 6.07) is 14.6. The van der Waals surface area contributed by atoms with Crippen molar-refractivity contribution in [2.24, 2.45) is 5.92 Å². The zero-order chi connectivity index (χ0) is 15.8. The van der Waals surface area contributed by atoms with E-state index in [1.807, 2.05) is 30.3 Å². The molecule has 0 spiro atoms. The van der Waals surface area contributed by atoms with Crippen LogP contribution in [-0.4, -0.2) is 23.5 Å². The number of benzene rings is 1. The molecule has 0 aliphatic carbocycles. The maximum absolute atomic E-state index is 12.4. The number of pyridine rings is 1. The van der Waals surface area contributed by atoms with Gasteiger partial charge in [-0.1, -0.05) is 36.4 Å². The smallest absolute Gasteiger partial charge is 0.318 e. The zero-order valence-corrected chi connectivity index (χ0v) is 12.4. The summed E-state index contributed by atoms with van der Waals surface area (Å²) in [4.78, 5) is 28.5. The van der Waals surface area contributed by atoms with Crippen LogP contribution in [0.25, 0.3) is 0 Å². The molecule has 0 aliphatic heterocycles. The van der Waals surface area contributed by atoms with Gasteiger partial charge in [-0.2, -0.15) is 0 Å². The van der Waals surface area contributed by atoms with E-state index in [1.165, 1.54) is 0 Å². The van der Waals surface area contributed by atoms with E-state index in [4.69, 9.17) is 4.74 Å². The van der Waals surface area contributed by atoms with E-state index in [0.29, 0.717) is 12.2 Å². The number of ether oxygens (including phenoxy) is 1. The van der Waals surface area contributed by atoms with Crippen molar-refractivity contribution in [2.75, 3.05) is 11.9 Å². The predicted molar refractivity (Wildman–Crippen MR) is 83.1 cm³/mol. The van der Waals surface area contributed by atoms with Crippen LogP contribution in [0, 0.1) is 5.92 Å². The van der Waals surface area contributed by atoms with E-state index in [1.54, 1.807) is 31.3 Å². The third kappa shape index (κ3) is 4.41. The minimum absolute atomic E-state index is 0.237. The molecule has 5 heteroatoms. The second-order valence-electron chi connectivity index (χ2n) is 4.70. The first-order valence-corrected chi connectivity index (χ1v) is 7.13. The highest BCUT2D eigenvalue weighted by Gasteiger charge is 2.28. The summed E-state index contributed by atoms with van der Waals surface area (Å²) >= 11 is 0. The van der Waals surface area contributed by atoms with Crippen molar-refractivity contribution < 1.29 is 14.3 Å². The summed E-state index contributed by atoms with van der Waals surface area (Å²) < 4.78 is 5.01. The largest absolute Gasteiger partial charge is 0.465 e. The van der Waals surface area contributed by atoms with Crippen molar-refractivity contribution in [3.63, 3.8) is 0 Å². The maximum atomic E-state index is 12.4. The Morgan fingerprint density at radius 1 is 1.14 bits per heavy atom. The number of rotatable bonds is 6. The van der Waals surface area contributed by atoms with Crippen LogP contribution in [0.5, 0.6) is 0 Å². The minimum Gasteiger partial charge on any atom is -0.465 e. The molecule has 1 aromatic carbocycles. The normalized spacial score (nSPS) is 11.5. The third-order valence-electron chi connectivity index (χ3n) is 3.09. The predicted octanol–water partition coefficient (Wildman–Crippen LogP) is 2.44. The Kier molecular flexibility index (Phi) is 5.65. The number of aromatic nitrogens is 1. The average molecular weight is 298 g/mol. The molecule has 5 nitrogen and oxygen atoms in total. The van der Waals surface area contributed by atoms with Crippen molar-refractivity contribution >= 4 is 17.7 Å². The van der Waals surface area contributed by atoms with Crippen molar-refractivity contribution in [1.82, 2.24) is 4.98 Å². The number of hydrogen-bond donors (Lipinski definition) is 1. The second kappa shape index (κ2) is 7.93. The van der Waals surface area contributed by atoms with Crippen LogP contribution < -0.4 is 5.32 Å². The molecule has 0 saturated carbocycles. The Labute approximate surface area is 129 Å². The number of nitrogens with zero attached hydrogens (tertiary/aromatic N) is 1. The average Bonchev–Trinajstić information content (AvgIpc) is 2.54. The number of carbonyl (C=O) groups excluding carboxylic acids is 2.